The van der Waals surface area contributed by atoms with Crippen LogP contribution in [0.5, 0.6) is 0 Å². The number of hydrogen-bond donors (Lipinski definition) is 3. The van der Waals surface area contributed by atoms with Crippen molar-refractivity contribution in [2.45, 2.75) is 362 Å². The second-order valence-corrected chi connectivity index (χ2v) is 28.4. The molecule has 516 valence electrons. The quantitative estimate of drug-likeness (QED) is 0.0222. The molecule has 19 heteroatoms. The zero-order valence-corrected chi connectivity index (χ0v) is 58.1. The minimum Gasteiger partial charge on any atom is -0.462 e. The van der Waals surface area contributed by atoms with E-state index in [0.29, 0.717) is 25.7 Å². The SMILES string of the molecule is CCCCCCCCCCCC(=O)OC[C@H](COP(=O)(O)OC[C@H](O)COP(=O)(O)OC[C@@H](COC(=O)CCCCCCCCCCCC(C)C)OC(=O)CCCCCCCCCCCCCCCCC(C)C)OC(=O)CCCCCCCCCCC. The summed E-state index contributed by atoms with van der Waals surface area (Å²) in [6, 6.07) is 0. The van der Waals surface area contributed by atoms with Gasteiger partial charge in [0.15, 0.2) is 12.2 Å². The number of aliphatic hydroxyl groups excluding tert-OH is 1. The van der Waals surface area contributed by atoms with Crippen molar-refractivity contribution < 1.29 is 80.2 Å². The number of carbonyl (C=O) groups excluding carboxylic acids is 4. The standard InChI is InChI=1S/C68H132O17P2/c1-7-9-11-13-15-24-32-38-44-50-65(70)78-56-63(84-67(72)52-46-40-34-25-16-14-12-10-8-2)58-82-86(74,75)80-54-62(69)55-81-87(76,77)83-59-64(57-79-66(71)51-45-39-33-29-23-27-31-37-43-49-61(5)6)85-68(73)53-47-41-35-28-22-20-18-17-19-21-26-30-36-42-48-60(3)4/h60-64,69H,7-59H2,1-6H3,(H,74,75)(H,76,77)/t62-,63+,64+/m0/s1. The van der Waals surface area contributed by atoms with Crippen molar-refractivity contribution in [3.05, 3.63) is 0 Å². The van der Waals surface area contributed by atoms with E-state index in [1.807, 2.05) is 0 Å². The predicted molar refractivity (Wildman–Crippen MR) is 349 cm³/mol. The van der Waals surface area contributed by atoms with Crippen molar-refractivity contribution in [2.24, 2.45) is 11.8 Å². The van der Waals surface area contributed by atoms with Gasteiger partial charge in [0.2, 0.25) is 0 Å². The van der Waals surface area contributed by atoms with Crippen LogP contribution in [0.2, 0.25) is 0 Å². The van der Waals surface area contributed by atoms with E-state index < -0.39 is 97.5 Å². The van der Waals surface area contributed by atoms with Gasteiger partial charge in [0.25, 0.3) is 0 Å². The maximum atomic E-state index is 13.0. The summed E-state index contributed by atoms with van der Waals surface area (Å²) in [7, 11) is -9.89. The number of phosphoric ester groups is 2. The van der Waals surface area contributed by atoms with Gasteiger partial charge in [-0.3, -0.25) is 37.3 Å². The smallest absolute Gasteiger partial charge is 0.462 e. The zero-order chi connectivity index (χ0) is 64.3. The molecule has 0 aliphatic carbocycles. The van der Waals surface area contributed by atoms with E-state index in [2.05, 4.69) is 41.5 Å². The monoisotopic (exact) mass is 1280 g/mol. The lowest BCUT2D eigenvalue weighted by atomic mass is 10.0. The van der Waals surface area contributed by atoms with Crippen LogP contribution in [0, 0.1) is 11.8 Å². The molecular weight excluding hydrogens is 1150 g/mol. The first-order valence-electron chi connectivity index (χ1n) is 35.5. The van der Waals surface area contributed by atoms with Gasteiger partial charge in [0.05, 0.1) is 26.4 Å². The molecule has 0 aromatic heterocycles. The van der Waals surface area contributed by atoms with Crippen LogP contribution in [-0.4, -0.2) is 96.7 Å². The van der Waals surface area contributed by atoms with Gasteiger partial charge in [0.1, 0.15) is 19.3 Å². The van der Waals surface area contributed by atoms with Crippen LogP contribution in [-0.2, 0) is 65.4 Å². The molecule has 17 nitrogen and oxygen atoms in total. The van der Waals surface area contributed by atoms with Crippen molar-refractivity contribution in [1.82, 2.24) is 0 Å². The number of carbonyl (C=O) groups is 4. The number of aliphatic hydroxyl groups is 1. The van der Waals surface area contributed by atoms with Crippen molar-refractivity contribution in [3.8, 4) is 0 Å². The third-order valence-corrected chi connectivity index (χ3v) is 17.6. The molecule has 0 aromatic rings. The first-order valence-corrected chi connectivity index (χ1v) is 38.5. The molecule has 0 radical (unpaired) electrons. The fourth-order valence-electron chi connectivity index (χ4n) is 10.2. The Kier molecular flexibility index (Phi) is 59.0. The van der Waals surface area contributed by atoms with E-state index in [4.69, 9.17) is 37.0 Å². The van der Waals surface area contributed by atoms with E-state index in [9.17, 15) is 43.2 Å². The Morgan fingerprint density at radius 2 is 0.529 bits per heavy atom. The van der Waals surface area contributed by atoms with E-state index in [0.717, 1.165) is 102 Å². The topological polar surface area (TPSA) is 237 Å². The van der Waals surface area contributed by atoms with Crippen molar-refractivity contribution in [1.29, 1.82) is 0 Å². The largest absolute Gasteiger partial charge is 0.472 e. The molecule has 0 bridgehead atoms. The normalized spacial score (nSPS) is 14.2. The Hall–Kier alpha value is -1.94. The molecule has 5 atom stereocenters. The zero-order valence-electron chi connectivity index (χ0n) is 56.3. The first-order chi connectivity index (χ1) is 41.9. The lowest BCUT2D eigenvalue weighted by Crippen LogP contribution is -2.30. The highest BCUT2D eigenvalue weighted by Crippen LogP contribution is 2.45. The van der Waals surface area contributed by atoms with Crippen LogP contribution >= 0.6 is 15.6 Å². The maximum Gasteiger partial charge on any atom is 0.472 e. The molecule has 2 unspecified atom stereocenters. The van der Waals surface area contributed by atoms with Crippen molar-refractivity contribution in [3.63, 3.8) is 0 Å². The van der Waals surface area contributed by atoms with E-state index >= 15 is 0 Å². The van der Waals surface area contributed by atoms with Crippen LogP contribution < -0.4 is 0 Å². The van der Waals surface area contributed by atoms with Gasteiger partial charge in [-0.2, -0.15) is 0 Å². The Labute approximate surface area is 530 Å². The summed E-state index contributed by atoms with van der Waals surface area (Å²) in [4.78, 5) is 72.3. The number of ether oxygens (including phenoxy) is 4. The minimum absolute atomic E-state index is 0.106. The summed E-state index contributed by atoms with van der Waals surface area (Å²) in [6.07, 6.45) is 44.4. The average molecular weight is 1280 g/mol. The Morgan fingerprint density at radius 1 is 0.310 bits per heavy atom. The summed E-state index contributed by atoms with van der Waals surface area (Å²) in [5, 5.41) is 10.6. The van der Waals surface area contributed by atoms with Gasteiger partial charge in [-0.25, -0.2) is 9.13 Å². The molecule has 87 heavy (non-hydrogen) atoms. The Bertz CT molecular complexity index is 1700. The number of rotatable bonds is 67. The summed E-state index contributed by atoms with van der Waals surface area (Å²) in [6.45, 7) is 9.50. The predicted octanol–water partition coefficient (Wildman–Crippen LogP) is 19.2. The average Bonchev–Trinajstić information content (AvgIpc) is 3.70. The molecule has 0 aliphatic heterocycles. The third-order valence-electron chi connectivity index (χ3n) is 15.7. The second kappa shape index (κ2) is 60.3. The number of unbranched alkanes of at least 4 members (excludes halogenated alkanes) is 37. The van der Waals surface area contributed by atoms with Gasteiger partial charge in [-0.1, -0.05) is 292 Å². The molecule has 0 aromatic carbocycles. The molecule has 0 heterocycles. The number of esters is 4. The van der Waals surface area contributed by atoms with Crippen LogP contribution in [0.4, 0.5) is 0 Å². The Balaban J connectivity index is 5.21. The van der Waals surface area contributed by atoms with E-state index in [1.54, 1.807) is 0 Å². The highest BCUT2D eigenvalue weighted by molar-refractivity contribution is 7.47. The molecule has 0 spiro atoms. The molecule has 0 saturated heterocycles. The highest BCUT2D eigenvalue weighted by atomic mass is 31.2. The molecule has 0 saturated carbocycles. The molecule has 0 amide bonds. The number of hydrogen-bond acceptors (Lipinski definition) is 15. The highest BCUT2D eigenvalue weighted by Gasteiger charge is 2.30. The van der Waals surface area contributed by atoms with Gasteiger partial charge < -0.3 is 33.8 Å². The summed E-state index contributed by atoms with van der Waals surface area (Å²) >= 11 is 0. The van der Waals surface area contributed by atoms with E-state index in [-0.39, 0.29) is 25.7 Å². The summed E-state index contributed by atoms with van der Waals surface area (Å²) in [5.41, 5.74) is 0. The fourth-order valence-corrected chi connectivity index (χ4v) is 11.8. The molecular formula is C68H132O17P2. The molecule has 0 fully saturated rings. The van der Waals surface area contributed by atoms with Crippen LogP contribution in [0.1, 0.15) is 343 Å². The van der Waals surface area contributed by atoms with E-state index in [1.165, 1.54) is 161 Å². The molecule has 0 aliphatic rings. The maximum absolute atomic E-state index is 13.0. The lowest BCUT2D eigenvalue weighted by Gasteiger charge is -2.21. The Morgan fingerprint density at radius 3 is 0.782 bits per heavy atom. The van der Waals surface area contributed by atoms with Crippen LogP contribution in [0.15, 0.2) is 0 Å². The van der Waals surface area contributed by atoms with Gasteiger partial charge in [0, 0.05) is 25.7 Å². The van der Waals surface area contributed by atoms with Gasteiger partial charge >= 0.3 is 39.5 Å². The van der Waals surface area contributed by atoms with Gasteiger partial charge in [-0.15, -0.1) is 0 Å². The summed E-state index contributed by atoms with van der Waals surface area (Å²) < 4.78 is 68.1. The van der Waals surface area contributed by atoms with Gasteiger partial charge in [-0.05, 0) is 37.5 Å². The van der Waals surface area contributed by atoms with Crippen LogP contribution in [0.25, 0.3) is 0 Å². The third kappa shape index (κ3) is 62.6. The van der Waals surface area contributed by atoms with Crippen molar-refractivity contribution >= 4 is 39.5 Å². The number of phosphoric acid groups is 2. The lowest BCUT2D eigenvalue weighted by molar-refractivity contribution is -0.161. The van der Waals surface area contributed by atoms with Crippen LogP contribution in [0.3, 0.4) is 0 Å². The van der Waals surface area contributed by atoms with Crippen molar-refractivity contribution in [2.75, 3.05) is 39.6 Å². The fraction of sp³-hybridized carbons (Fsp3) is 0.941. The molecule has 3 N–H and O–H groups in total. The second-order valence-electron chi connectivity index (χ2n) is 25.5. The minimum atomic E-state index is -4.95. The first kappa shape index (κ1) is 85.1. The molecule has 0 rings (SSSR count). The summed E-state index contributed by atoms with van der Waals surface area (Å²) in [5.74, 6) is -0.590.